The van der Waals surface area contributed by atoms with E-state index in [-0.39, 0.29) is 0 Å². The smallest absolute Gasteiger partial charge is 0.165 e. The number of pyridine rings is 1. The average Bonchev–Trinajstić information content (AvgIpc) is 3.25. The van der Waals surface area contributed by atoms with Gasteiger partial charge >= 0.3 is 0 Å². The van der Waals surface area contributed by atoms with Crippen molar-refractivity contribution in [3.8, 4) is 5.69 Å². The van der Waals surface area contributed by atoms with E-state index in [0.29, 0.717) is 23.5 Å². The van der Waals surface area contributed by atoms with Gasteiger partial charge in [0.05, 0.1) is 30.1 Å². The van der Waals surface area contributed by atoms with Gasteiger partial charge in [-0.25, -0.2) is 19.9 Å². The zero-order chi connectivity index (χ0) is 17.5. The van der Waals surface area contributed by atoms with E-state index in [1.54, 1.807) is 12.5 Å². The van der Waals surface area contributed by atoms with E-state index in [1.165, 1.54) is 6.33 Å². The van der Waals surface area contributed by atoms with Crippen molar-refractivity contribution < 1.29 is 0 Å². The number of hydrogen-bond donors (Lipinski definition) is 1. The molecule has 0 unspecified atom stereocenters. The van der Waals surface area contributed by atoms with Gasteiger partial charge in [-0.15, -0.1) is 0 Å². The summed E-state index contributed by atoms with van der Waals surface area (Å²) in [4.78, 5) is 21.7. The minimum absolute atomic E-state index is 0.370. The molecule has 4 aromatic heterocycles. The molecule has 2 N–H and O–H groups in total. The lowest BCUT2D eigenvalue weighted by Gasteiger charge is -2.10. The van der Waals surface area contributed by atoms with E-state index >= 15 is 0 Å². The van der Waals surface area contributed by atoms with E-state index in [1.807, 2.05) is 47.2 Å². The predicted molar refractivity (Wildman–Crippen MR) is 97.7 cm³/mol. The number of hydrogen-bond acceptors (Lipinski definition) is 6. The third-order valence-electron chi connectivity index (χ3n) is 4.28. The minimum Gasteiger partial charge on any atom is -0.382 e. The second-order valence-electron chi connectivity index (χ2n) is 5.87. The molecule has 0 aliphatic heterocycles. The first-order chi connectivity index (χ1) is 12.8. The van der Waals surface area contributed by atoms with E-state index in [9.17, 15) is 0 Å². The summed E-state index contributed by atoms with van der Waals surface area (Å²) in [5.41, 5.74) is 10.0. The maximum atomic E-state index is 5.89. The van der Waals surface area contributed by atoms with Gasteiger partial charge in [-0.1, -0.05) is 18.2 Å². The van der Waals surface area contributed by atoms with Gasteiger partial charge in [-0.2, -0.15) is 0 Å². The predicted octanol–water partition coefficient (Wildman–Crippen LogP) is 2.19. The van der Waals surface area contributed by atoms with Crippen LogP contribution in [0.15, 0.2) is 61.4 Å². The van der Waals surface area contributed by atoms with Crippen LogP contribution < -0.4 is 5.73 Å². The molecule has 126 valence electrons. The van der Waals surface area contributed by atoms with Gasteiger partial charge in [0.1, 0.15) is 17.7 Å². The first kappa shape index (κ1) is 14.5. The van der Waals surface area contributed by atoms with Crippen LogP contribution in [-0.2, 0) is 6.54 Å². The second-order valence-corrected chi connectivity index (χ2v) is 5.87. The van der Waals surface area contributed by atoms with Gasteiger partial charge < -0.3 is 10.3 Å². The van der Waals surface area contributed by atoms with Crippen LogP contribution in [0.1, 0.15) is 5.82 Å². The Labute approximate surface area is 148 Å². The lowest BCUT2D eigenvalue weighted by atomic mass is 10.3. The first-order valence-corrected chi connectivity index (χ1v) is 8.09. The SMILES string of the molecule is Nc1ncnc2c1ncn2Cc1nc2ccncc2n1-c1ccccc1. The number of imidazole rings is 2. The molecule has 0 aliphatic carbocycles. The van der Waals surface area contributed by atoms with Gasteiger partial charge in [0.15, 0.2) is 11.5 Å². The molecular formula is C18H14N8. The summed E-state index contributed by atoms with van der Waals surface area (Å²) in [6.45, 7) is 0.497. The molecule has 0 amide bonds. The summed E-state index contributed by atoms with van der Waals surface area (Å²) in [5, 5.41) is 0. The zero-order valence-electron chi connectivity index (χ0n) is 13.7. The molecule has 0 aliphatic rings. The van der Waals surface area contributed by atoms with E-state index in [4.69, 9.17) is 10.7 Å². The van der Waals surface area contributed by atoms with Crippen molar-refractivity contribution in [2.24, 2.45) is 0 Å². The van der Waals surface area contributed by atoms with Crippen LogP contribution in [0, 0.1) is 0 Å². The summed E-state index contributed by atoms with van der Waals surface area (Å²) in [5.74, 6) is 1.23. The Morgan fingerprint density at radius 2 is 1.88 bits per heavy atom. The second kappa shape index (κ2) is 5.62. The molecule has 5 rings (SSSR count). The highest BCUT2D eigenvalue weighted by atomic mass is 15.2. The Kier molecular flexibility index (Phi) is 3.14. The molecule has 0 saturated carbocycles. The summed E-state index contributed by atoms with van der Waals surface area (Å²) in [6, 6.07) is 12.0. The zero-order valence-corrected chi connectivity index (χ0v) is 13.7. The van der Waals surface area contributed by atoms with Gasteiger partial charge in [-0.05, 0) is 18.2 Å². The number of para-hydroxylation sites is 1. The van der Waals surface area contributed by atoms with Crippen molar-refractivity contribution in [3.05, 3.63) is 67.3 Å². The number of rotatable bonds is 3. The fourth-order valence-corrected chi connectivity index (χ4v) is 3.11. The van der Waals surface area contributed by atoms with Gasteiger partial charge in [0.2, 0.25) is 0 Å². The Balaban J connectivity index is 1.70. The third-order valence-corrected chi connectivity index (χ3v) is 4.28. The standard InChI is InChI=1S/C18H14N8/c19-17-16-18(22-10-21-17)25(11-23-16)9-15-24-13-6-7-20-8-14(13)26(15)12-4-2-1-3-5-12/h1-8,10-11H,9H2,(H2,19,21,22). The van der Waals surface area contributed by atoms with E-state index in [0.717, 1.165) is 22.5 Å². The highest BCUT2D eigenvalue weighted by molar-refractivity contribution is 5.81. The van der Waals surface area contributed by atoms with Crippen molar-refractivity contribution in [3.63, 3.8) is 0 Å². The van der Waals surface area contributed by atoms with Crippen molar-refractivity contribution >= 4 is 28.0 Å². The molecule has 4 heterocycles. The maximum absolute atomic E-state index is 5.89. The Morgan fingerprint density at radius 1 is 1.00 bits per heavy atom. The molecule has 0 saturated heterocycles. The van der Waals surface area contributed by atoms with E-state index < -0.39 is 0 Å². The van der Waals surface area contributed by atoms with Crippen LogP contribution >= 0.6 is 0 Å². The molecule has 0 bridgehead atoms. The van der Waals surface area contributed by atoms with Crippen molar-refractivity contribution in [1.29, 1.82) is 0 Å². The number of nitrogen functional groups attached to an aromatic ring is 1. The molecule has 8 heteroatoms. The Hall–Kier alpha value is -3.81. The number of anilines is 1. The fraction of sp³-hybridized carbons (Fsp3) is 0.0556. The van der Waals surface area contributed by atoms with E-state index in [2.05, 4.69) is 24.5 Å². The summed E-state index contributed by atoms with van der Waals surface area (Å²) in [7, 11) is 0. The highest BCUT2D eigenvalue weighted by Crippen LogP contribution is 2.22. The normalized spacial score (nSPS) is 11.4. The molecule has 1 aromatic carbocycles. The highest BCUT2D eigenvalue weighted by Gasteiger charge is 2.15. The summed E-state index contributed by atoms with van der Waals surface area (Å²) < 4.78 is 4.01. The number of nitrogens with zero attached hydrogens (tertiary/aromatic N) is 7. The number of fused-ring (bicyclic) bond motifs is 2. The van der Waals surface area contributed by atoms with Crippen LogP contribution in [0.4, 0.5) is 5.82 Å². The van der Waals surface area contributed by atoms with Crippen molar-refractivity contribution in [2.75, 3.05) is 5.73 Å². The lowest BCUT2D eigenvalue weighted by Crippen LogP contribution is -2.07. The number of nitrogens with two attached hydrogens (primary N) is 1. The molecule has 8 nitrogen and oxygen atoms in total. The van der Waals surface area contributed by atoms with Crippen molar-refractivity contribution in [1.82, 2.24) is 34.1 Å². The largest absolute Gasteiger partial charge is 0.382 e. The third kappa shape index (κ3) is 2.20. The molecular weight excluding hydrogens is 328 g/mol. The lowest BCUT2D eigenvalue weighted by molar-refractivity contribution is 0.746. The molecule has 0 spiro atoms. The van der Waals surface area contributed by atoms with Gasteiger partial charge in [0, 0.05) is 11.9 Å². The summed E-state index contributed by atoms with van der Waals surface area (Å²) >= 11 is 0. The van der Waals surface area contributed by atoms with Crippen molar-refractivity contribution in [2.45, 2.75) is 6.54 Å². The van der Waals surface area contributed by atoms with Crippen LogP contribution in [0.3, 0.4) is 0 Å². The number of aromatic nitrogens is 7. The van der Waals surface area contributed by atoms with Crippen LogP contribution in [0.2, 0.25) is 0 Å². The summed E-state index contributed by atoms with van der Waals surface area (Å²) in [6.07, 6.45) is 6.72. The molecule has 5 aromatic rings. The van der Waals surface area contributed by atoms with Crippen LogP contribution in [0.25, 0.3) is 27.9 Å². The quantitative estimate of drug-likeness (QED) is 0.539. The Morgan fingerprint density at radius 3 is 2.77 bits per heavy atom. The topological polar surface area (TPSA) is 100 Å². The molecule has 0 fully saturated rings. The monoisotopic (exact) mass is 342 g/mol. The number of benzene rings is 1. The van der Waals surface area contributed by atoms with Crippen LogP contribution in [0.5, 0.6) is 0 Å². The molecule has 26 heavy (non-hydrogen) atoms. The first-order valence-electron chi connectivity index (χ1n) is 8.09. The van der Waals surface area contributed by atoms with Gasteiger partial charge in [-0.3, -0.25) is 9.55 Å². The van der Waals surface area contributed by atoms with Crippen LogP contribution in [-0.4, -0.2) is 34.1 Å². The fourth-order valence-electron chi connectivity index (χ4n) is 3.11. The average molecular weight is 342 g/mol. The maximum Gasteiger partial charge on any atom is 0.165 e. The molecule has 0 radical (unpaired) electrons. The minimum atomic E-state index is 0.370. The Bertz CT molecular complexity index is 1220. The van der Waals surface area contributed by atoms with Gasteiger partial charge in [0.25, 0.3) is 0 Å². The molecule has 0 atom stereocenters.